The largest absolute Gasteiger partial charge is 0.497 e. The summed E-state index contributed by atoms with van der Waals surface area (Å²) in [4.78, 5) is 71.2. The van der Waals surface area contributed by atoms with Crippen LogP contribution in [0.3, 0.4) is 0 Å². The minimum Gasteiger partial charge on any atom is -0.497 e. The number of ketones is 2. The highest BCUT2D eigenvalue weighted by atomic mass is 19.1. The van der Waals surface area contributed by atoms with E-state index in [2.05, 4.69) is 4.98 Å². The SMILES string of the molecule is CC(C)(C)OC(=O)N1CC[C@@H](N)[C@H](F)C1.COc1ccc(C(=O)C2CCN(C(=O)c3ccc(C(=O)CC4CCN(C(=O)OC(C)(C)C)C[C@H]4F)cn3)CC2)cc1. The quantitative estimate of drug-likeness (QED) is 0.316. The highest BCUT2D eigenvalue weighted by Crippen LogP contribution is 2.28. The third kappa shape index (κ3) is 12.7. The number of benzene rings is 1. The van der Waals surface area contributed by atoms with Crippen LogP contribution in [0.15, 0.2) is 42.6 Å². The predicted octanol–water partition coefficient (Wildman–Crippen LogP) is 6.29. The molecule has 4 atom stereocenters. The molecule has 1 aromatic heterocycles. The first-order chi connectivity index (χ1) is 26.2. The average Bonchev–Trinajstić information content (AvgIpc) is 3.15. The number of alkyl halides is 2. The van der Waals surface area contributed by atoms with Crippen LogP contribution in [-0.4, -0.2) is 125 Å². The number of hydrogen-bond acceptors (Lipinski definition) is 10. The number of carbonyl (C=O) groups is 5. The molecule has 15 heteroatoms. The Bertz CT molecular complexity index is 1670. The van der Waals surface area contributed by atoms with Gasteiger partial charge in [-0.2, -0.15) is 0 Å². The Labute approximate surface area is 328 Å². The van der Waals surface area contributed by atoms with E-state index < -0.39 is 47.7 Å². The molecule has 5 rings (SSSR count). The predicted molar refractivity (Wildman–Crippen MR) is 205 cm³/mol. The maximum Gasteiger partial charge on any atom is 0.410 e. The van der Waals surface area contributed by atoms with Crippen molar-refractivity contribution in [2.75, 3.05) is 46.4 Å². The number of ether oxygens (including phenoxy) is 3. The second-order valence-corrected chi connectivity index (χ2v) is 16.6. The molecule has 0 radical (unpaired) electrons. The molecule has 56 heavy (non-hydrogen) atoms. The van der Waals surface area contributed by atoms with Crippen molar-refractivity contribution < 1.29 is 47.0 Å². The van der Waals surface area contributed by atoms with Crippen LogP contribution >= 0.6 is 0 Å². The Hall–Kier alpha value is -4.66. The Morgan fingerprint density at radius 2 is 1.25 bits per heavy atom. The number of carbonyl (C=O) groups excluding carboxylic acids is 5. The van der Waals surface area contributed by atoms with Crippen LogP contribution < -0.4 is 10.5 Å². The summed E-state index contributed by atoms with van der Waals surface area (Å²) in [5, 5.41) is 0. The van der Waals surface area contributed by atoms with Gasteiger partial charge in [-0.05, 0) is 104 Å². The van der Waals surface area contributed by atoms with Crippen molar-refractivity contribution in [1.82, 2.24) is 19.7 Å². The molecule has 0 spiro atoms. The van der Waals surface area contributed by atoms with E-state index in [1.54, 1.807) is 83.9 Å². The zero-order valence-corrected chi connectivity index (χ0v) is 33.6. The number of hydrogen-bond donors (Lipinski definition) is 1. The van der Waals surface area contributed by atoms with E-state index in [4.69, 9.17) is 19.9 Å². The van der Waals surface area contributed by atoms with E-state index in [-0.39, 0.29) is 48.6 Å². The highest BCUT2D eigenvalue weighted by molar-refractivity contribution is 5.99. The molecule has 2 N–H and O–H groups in total. The average molecular weight is 786 g/mol. The monoisotopic (exact) mass is 785 g/mol. The van der Waals surface area contributed by atoms with Crippen LogP contribution in [0.4, 0.5) is 18.4 Å². The molecule has 1 aromatic carbocycles. The van der Waals surface area contributed by atoms with Crippen molar-refractivity contribution in [2.24, 2.45) is 17.6 Å². The molecule has 3 fully saturated rings. The summed E-state index contributed by atoms with van der Waals surface area (Å²) in [6.07, 6.45) is -0.186. The van der Waals surface area contributed by atoms with E-state index in [9.17, 15) is 32.8 Å². The minimum atomic E-state index is -1.34. The molecule has 3 aliphatic heterocycles. The summed E-state index contributed by atoms with van der Waals surface area (Å²) in [5.74, 6) is -0.424. The summed E-state index contributed by atoms with van der Waals surface area (Å²) in [5.41, 5.74) is 5.47. The van der Waals surface area contributed by atoms with Crippen LogP contribution in [0.25, 0.3) is 0 Å². The molecular weight excluding hydrogens is 728 g/mol. The Morgan fingerprint density at radius 3 is 1.73 bits per heavy atom. The first-order valence-corrected chi connectivity index (χ1v) is 19.2. The fraction of sp³-hybridized carbons (Fsp3) is 0.610. The van der Waals surface area contributed by atoms with Crippen molar-refractivity contribution in [1.29, 1.82) is 0 Å². The molecule has 1 unspecified atom stereocenters. The molecule has 4 heterocycles. The smallest absolute Gasteiger partial charge is 0.410 e. The van der Waals surface area contributed by atoms with Gasteiger partial charge in [-0.3, -0.25) is 19.4 Å². The van der Waals surface area contributed by atoms with Crippen LogP contribution in [0.5, 0.6) is 5.75 Å². The Morgan fingerprint density at radius 1 is 0.732 bits per heavy atom. The van der Waals surface area contributed by atoms with Gasteiger partial charge in [-0.25, -0.2) is 18.4 Å². The van der Waals surface area contributed by atoms with Crippen molar-refractivity contribution >= 4 is 29.7 Å². The number of nitrogens with zero attached hydrogens (tertiary/aromatic N) is 4. The first-order valence-electron chi connectivity index (χ1n) is 19.2. The summed E-state index contributed by atoms with van der Waals surface area (Å²) in [6.45, 7) is 12.2. The van der Waals surface area contributed by atoms with Crippen molar-refractivity contribution in [2.45, 2.75) is 103 Å². The minimum absolute atomic E-state index is 0.00592. The molecule has 0 saturated carbocycles. The molecule has 2 aromatic rings. The summed E-state index contributed by atoms with van der Waals surface area (Å²) < 4.78 is 43.7. The number of methoxy groups -OCH3 is 1. The van der Waals surface area contributed by atoms with Gasteiger partial charge in [0.15, 0.2) is 11.6 Å². The third-order valence-corrected chi connectivity index (χ3v) is 9.85. The van der Waals surface area contributed by atoms with E-state index in [1.807, 2.05) is 0 Å². The van der Waals surface area contributed by atoms with Crippen molar-refractivity contribution in [3.63, 3.8) is 0 Å². The molecule has 3 aliphatic rings. The van der Waals surface area contributed by atoms with E-state index in [1.165, 1.54) is 22.1 Å². The van der Waals surface area contributed by atoms with Crippen LogP contribution in [-0.2, 0) is 9.47 Å². The van der Waals surface area contributed by atoms with Crippen LogP contribution in [0, 0.1) is 11.8 Å². The van der Waals surface area contributed by atoms with E-state index in [0.29, 0.717) is 68.7 Å². The second-order valence-electron chi connectivity index (χ2n) is 16.6. The van der Waals surface area contributed by atoms with Gasteiger partial charge in [-0.15, -0.1) is 0 Å². The van der Waals surface area contributed by atoms with Crippen LogP contribution in [0.1, 0.15) is 105 Å². The fourth-order valence-corrected chi connectivity index (χ4v) is 6.63. The third-order valence-electron chi connectivity index (χ3n) is 9.85. The number of rotatable bonds is 7. The lowest BCUT2D eigenvalue weighted by Gasteiger charge is -2.35. The fourth-order valence-electron chi connectivity index (χ4n) is 6.63. The molecule has 0 aliphatic carbocycles. The topological polar surface area (TPSA) is 162 Å². The normalized spacial score (nSPS) is 22.0. The van der Waals surface area contributed by atoms with Crippen molar-refractivity contribution in [3.8, 4) is 5.75 Å². The number of piperidine rings is 3. The Balaban J connectivity index is 0.000000389. The first kappa shape index (κ1) is 44.1. The Kier molecular flexibility index (Phi) is 14.9. The summed E-state index contributed by atoms with van der Waals surface area (Å²) in [6, 6.07) is 9.64. The lowest BCUT2D eigenvalue weighted by molar-refractivity contribution is 0.00505. The van der Waals surface area contributed by atoms with E-state index >= 15 is 0 Å². The molecular formula is C41H57F2N5O8. The maximum atomic E-state index is 14.9. The zero-order valence-electron chi connectivity index (χ0n) is 33.6. The molecule has 13 nitrogen and oxygen atoms in total. The van der Waals surface area contributed by atoms with Gasteiger partial charge in [0.25, 0.3) is 5.91 Å². The number of nitrogens with two attached hydrogens (primary N) is 1. The highest BCUT2D eigenvalue weighted by Gasteiger charge is 2.36. The molecule has 0 bridgehead atoms. The standard InChI is InChI=1S/C31H38FN3O6.C10H19FN2O2/c1-31(2,3)41-30(39)35-16-13-22(25(32)19-35)17-27(36)23-7-10-26(33-18-23)29(38)34-14-11-21(12-15-34)28(37)20-5-8-24(40-4)9-6-20;1-10(2,3)15-9(14)13-5-4-8(12)7(11)6-13/h5-10,18,21-22,25H,11-17,19H2,1-4H3;7-8H,4-6,12H2,1-3H3/t22?,25-;7-,8-/m11/s1. The van der Waals surface area contributed by atoms with Gasteiger partial charge < -0.3 is 34.6 Å². The van der Waals surface area contributed by atoms with Crippen LogP contribution in [0.2, 0.25) is 0 Å². The van der Waals surface area contributed by atoms with E-state index in [0.717, 1.165) is 0 Å². The second kappa shape index (κ2) is 19.0. The van der Waals surface area contributed by atoms with Gasteiger partial charge in [0.05, 0.1) is 20.2 Å². The summed E-state index contributed by atoms with van der Waals surface area (Å²) in [7, 11) is 1.57. The molecule has 3 amide bonds. The molecule has 3 saturated heterocycles. The number of halogens is 2. The summed E-state index contributed by atoms with van der Waals surface area (Å²) >= 11 is 0. The number of Topliss-reactive ketones (excluding diaryl/α,β-unsaturated/α-hetero) is 2. The maximum absolute atomic E-state index is 14.9. The molecule has 308 valence electrons. The lowest BCUT2D eigenvalue weighted by Crippen LogP contribution is -2.51. The number of likely N-dealkylation sites (tertiary alicyclic amines) is 3. The number of pyridine rings is 1. The van der Waals surface area contributed by atoms with Gasteiger partial charge in [0.1, 0.15) is 35.0 Å². The van der Waals surface area contributed by atoms with Gasteiger partial charge in [0, 0.05) is 67.8 Å². The number of aromatic nitrogens is 1. The van der Waals surface area contributed by atoms with Gasteiger partial charge >= 0.3 is 12.2 Å². The number of amides is 3. The zero-order chi connectivity index (χ0) is 41.4. The van der Waals surface area contributed by atoms with Gasteiger partial charge in [0.2, 0.25) is 0 Å². The van der Waals surface area contributed by atoms with Crippen molar-refractivity contribution in [3.05, 3.63) is 59.4 Å². The lowest BCUT2D eigenvalue weighted by atomic mass is 9.88. The van der Waals surface area contributed by atoms with Gasteiger partial charge in [-0.1, -0.05) is 0 Å².